The van der Waals surface area contributed by atoms with Gasteiger partial charge in [-0.25, -0.2) is 15.0 Å². The quantitative estimate of drug-likeness (QED) is 0.372. The maximum absolute atomic E-state index is 10.6. The number of nitrogens with one attached hydrogen (secondary N) is 1. The summed E-state index contributed by atoms with van der Waals surface area (Å²) in [6.45, 7) is 2.65. The molecule has 0 amide bonds. The summed E-state index contributed by atoms with van der Waals surface area (Å²) in [7, 11) is 0. The van der Waals surface area contributed by atoms with E-state index < -0.39 is 5.97 Å². The molecule has 3 rings (SSSR count). The Morgan fingerprint density at radius 1 is 1.14 bits per heavy atom. The van der Waals surface area contributed by atoms with Crippen LogP contribution < -0.4 is 5.32 Å². The molecule has 150 valence electrons. The summed E-state index contributed by atoms with van der Waals surface area (Å²) in [6, 6.07) is 7.32. The summed E-state index contributed by atoms with van der Waals surface area (Å²) < 4.78 is 0. The molecule has 3 heterocycles. The van der Waals surface area contributed by atoms with E-state index in [1.54, 1.807) is 24.5 Å². The number of rotatable bonds is 9. The van der Waals surface area contributed by atoms with Gasteiger partial charge >= 0.3 is 5.97 Å². The van der Waals surface area contributed by atoms with Crippen LogP contribution in [0.25, 0.3) is 22.9 Å². The van der Waals surface area contributed by atoms with Gasteiger partial charge in [-0.2, -0.15) is 0 Å². The van der Waals surface area contributed by atoms with Gasteiger partial charge in [-0.1, -0.05) is 0 Å². The van der Waals surface area contributed by atoms with Crippen LogP contribution in [0.1, 0.15) is 43.3 Å². The largest absolute Gasteiger partial charge is 0.507 e. The van der Waals surface area contributed by atoms with Crippen LogP contribution in [0, 0.1) is 0 Å². The Bertz CT molecular complexity index is 1020. The molecule has 0 aliphatic carbocycles. The summed E-state index contributed by atoms with van der Waals surface area (Å²) in [6.07, 6.45) is 6.86. The number of aliphatic hydroxyl groups excluding tert-OH is 1. The van der Waals surface area contributed by atoms with E-state index >= 15 is 0 Å². The van der Waals surface area contributed by atoms with Gasteiger partial charge in [0.2, 0.25) is 0 Å². The van der Waals surface area contributed by atoms with Crippen molar-refractivity contribution in [3.63, 3.8) is 0 Å². The van der Waals surface area contributed by atoms with Gasteiger partial charge < -0.3 is 15.5 Å². The van der Waals surface area contributed by atoms with Crippen molar-refractivity contribution in [3.05, 3.63) is 53.7 Å². The summed E-state index contributed by atoms with van der Waals surface area (Å²) in [5.41, 5.74) is 1.94. The number of fused-ring (bicyclic) bond motifs is 1. The molecule has 0 atom stereocenters. The van der Waals surface area contributed by atoms with E-state index in [1.165, 1.54) is 6.08 Å². The average molecular weight is 393 g/mol. The lowest BCUT2D eigenvalue weighted by Gasteiger charge is -2.09. The second-order valence-electron chi connectivity index (χ2n) is 6.51. The average Bonchev–Trinajstić information content (AvgIpc) is 2.71. The fourth-order valence-corrected chi connectivity index (χ4v) is 2.87. The zero-order valence-corrected chi connectivity index (χ0v) is 16.2. The minimum atomic E-state index is -0.788. The highest BCUT2D eigenvalue weighted by molar-refractivity contribution is 5.88. The first-order valence-corrected chi connectivity index (χ1v) is 9.51. The number of anilines is 1. The van der Waals surface area contributed by atoms with Crippen molar-refractivity contribution in [1.82, 2.24) is 19.9 Å². The van der Waals surface area contributed by atoms with Gasteiger partial charge in [0.05, 0.1) is 5.39 Å². The van der Waals surface area contributed by atoms with Crippen molar-refractivity contribution in [2.45, 2.75) is 32.6 Å². The number of aliphatic hydroxyl groups is 1. The first-order chi connectivity index (χ1) is 14.1. The number of pyridine rings is 2. The fourth-order valence-electron chi connectivity index (χ4n) is 2.87. The number of aliphatic carboxylic acids is 1. The second kappa shape index (κ2) is 9.59. The topological polar surface area (TPSA) is 121 Å². The van der Waals surface area contributed by atoms with Gasteiger partial charge in [0.15, 0.2) is 11.5 Å². The SMILES string of the molecule is CCNc1nc(/C=C(\O)c2cccnc2)nc2nc(CCCCC(=O)O)ccc12. The molecular weight excluding hydrogens is 370 g/mol. The molecule has 0 bridgehead atoms. The number of unbranched alkanes of at least 4 members (excludes halogenated alkanes) is 1. The summed E-state index contributed by atoms with van der Waals surface area (Å²) >= 11 is 0. The molecule has 0 spiro atoms. The number of carbonyl (C=O) groups is 1. The van der Waals surface area contributed by atoms with Crippen LogP contribution in [0.15, 0.2) is 36.7 Å². The van der Waals surface area contributed by atoms with Crippen LogP contribution in [-0.4, -0.2) is 42.7 Å². The number of hydrogen-bond acceptors (Lipinski definition) is 7. The van der Waals surface area contributed by atoms with E-state index in [0.29, 0.717) is 42.2 Å². The Morgan fingerprint density at radius 2 is 2.00 bits per heavy atom. The number of aryl methyl sites for hydroxylation is 1. The van der Waals surface area contributed by atoms with Crippen LogP contribution in [0.4, 0.5) is 5.82 Å². The molecule has 0 aromatic carbocycles. The standard InChI is InChI=1S/C21H23N5O3/c1-2-23-20-16-10-9-15(7-3-4-8-19(28)29)24-21(16)26-18(25-20)12-17(27)14-6-5-11-22-13-14/h5-6,9-13,27H,2-4,7-8H2,1H3,(H,28,29)(H,23,24,25,26)/b17-12-. The van der Waals surface area contributed by atoms with Crippen LogP contribution in [0.2, 0.25) is 0 Å². The molecule has 3 aromatic rings. The van der Waals surface area contributed by atoms with Gasteiger partial charge in [-0.05, 0) is 50.5 Å². The van der Waals surface area contributed by atoms with Crippen molar-refractivity contribution < 1.29 is 15.0 Å². The molecule has 8 nitrogen and oxygen atoms in total. The molecule has 0 aliphatic rings. The Hall–Kier alpha value is -3.55. The molecule has 0 aliphatic heterocycles. The van der Waals surface area contributed by atoms with Gasteiger partial charge in [0.1, 0.15) is 11.6 Å². The molecule has 3 N–H and O–H groups in total. The monoisotopic (exact) mass is 393 g/mol. The zero-order chi connectivity index (χ0) is 20.6. The minimum absolute atomic E-state index is 0.0183. The van der Waals surface area contributed by atoms with Crippen molar-refractivity contribution in [2.75, 3.05) is 11.9 Å². The van der Waals surface area contributed by atoms with E-state index in [1.807, 2.05) is 19.1 Å². The van der Waals surface area contributed by atoms with Gasteiger partial charge in [0, 0.05) is 42.7 Å². The lowest BCUT2D eigenvalue weighted by atomic mass is 10.1. The predicted molar refractivity (Wildman–Crippen MR) is 111 cm³/mol. The Morgan fingerprint density at radius 3 is 2.72 bits per heavy atom. The maximum Gasteiger partial charge on any atom is 0.303 e. The lowest BCUT2D eigenvalue weighted by Crippen LogP contribution is -2.05. The first-order valence-electron chi connectivity index (χ1n) is 9.51. The second-order valence-corrected chi connectivity index (χ2v) is 6.51. The van der Waals surface area contributed by atoms with E-state index in [-0.39, 0.29) is 12.2 Å². The van der Waals surface area contributed by atoms with Crippen LogP contribution in [0.5, 0.6) is 0 Å². The molecule has 3 aromatic heterocycles. The molecule has 0 unspecified atom stereocenters. The van der Waals surface area contributed by atoms with E-state index in [4.69, 9.17) is 5.11 Å². The number of aromatic nitrogens is 4. The van der Waals surface area contributed by atoms with Crippen molar-refractivity contribution in [3.8, 4) is 0 Å². The van der Waals surface area contributed by atoms with Crippen LogP contribution in [-0.2, 0) is 11.2 Å². The molecule has 8 heteroatoms. The fraction of sp³-hybridized carbons (Fsp3) is 0.286. The third kappa shape index (κ3) is 5.47. The molecule has 0 saturated carbocycles. The number of nitrogens with zero attached hydrogens (tertiary/aromatic N) is 4. The molecule has 29 heavy (non-hydrogen) atoms. The molecule has 0 fully saturated rings. The maximum atomic E-state index is 10.6. The smallest absolute Gasteiger partial charge is 0.303 e. The minimum Gasteiger partial charge on any atom is -0.507 e. The Labute approximate surface area is 168 Å². The third-order valence-corrected chi connectivity index (χ3v) is 4.28. The first kappa shape index (κ1) is 20.2. The number of carboxylic acids is 1. The summed E-state index contributed by atoms with van der Waals surface area (Å²) in [5.74, 6) is 0.215. The third-order valence-electron chi connectivity index (χ3n) is 4.28. The highest BCUT2D eigenvalue weighted by Gasteiger charge is 2.10. The van der Waals surface area contributed by atoms with Crippen LogP contribution >= 0.6 is 0 Å². The van der Waals surface area contributed by atoms with E-state index in [0.717, 1.165) is 17.5 Å². The van der Waals surface area contributed by atoms with E-state index in [9.17, 15) is 9.90 Å². The summed E-state index contributed by atoms with van der Waals surface area (Å²) in [4.78, 5) is 28.2. The lowest BCUT2D eigenvalue weighted by molar-refractivity contribution is -0.137. The van der Waals surface area contributed by atoms with Crippen molar-refractivity contribution >= 4 is 34.7 Å². The van der Waals surface area contributed by atoms with Crippen molar-refractivity contribution in [1.29, 1.82) is 0 Å². The summed E-state index contributed by atoms with van der Waals surface area (Å²) in [5, 5.41) is 23.1. The zero-order valence-electron chi connectivity index (χ0n) is 16.2. The highest BCUT2D eigenvalue weighted by atomic mass is 16.4. The van der Waals surface area contributed by atoms with Gasteiger partial charge in [-0.15, -0.1) is 0 Å². The van der Waals surface area contributed by atoms with Gasteiger partial charge in [-0.3, -0.25) is 9.78 Å². The Kier molecular flexibility index (Phi) is 6.67. The number of carboxylic acid groups (broad SMARTS) is 1. The van der Waals surface area contributed by atoms with Gasteiger partial charge in [0.25, 0.3) is 0 Å². The molecule has 0 saturated heterocycles. The number of hydrogen-bond donors (Lipinski definition) is 3. The highest BCUT2D eigenvalue weighted by Crippen LogP contribution is 2.22. The normalized spacial score (nSPS) is 11.6. The van der Waals surface area contributed by atoms with Crippen molar-refractivity contribution in [2.24, 2.45) is 0 Å². The molecular formula is C21H23N5O3. The predicted octanol–water partition coefficient (Wildman–Crippen LogP) is 3.71. The van der Waals surface area contributed by atoms with E-state index in [2.05, 4.69) is 25.3 Å². The van der Waals surface area contributed by atoms with Crippen LogP contribution in [0.3, 0.4) is 0 Å². The molecule has 0 radical (unpaired) electrons. The Balaban J connectivity index is 1.91.